The summed E-state index contributed by atoms with van der Waals surface area (Å²) in [7, 11) is 0. The van der Waals surface area contributed by atoms with Gasteiger partial charge in [-0.1, -0.05) is 0 Å². The molecule has 2 aliphatic heterocycles. The van der Waals surface area contributed by atoms with Gasteiger partial charge in [0.25, 0.3) is 0 Å². The van der Waals surface area contributed by atoms with Crippen LogP contribution in [0.15, 0.2) is 0 Å². The standard InChI is InChI=1S/C17H19N3O2S2/c1-17-7-6-14(21)20(17)12(9-23-17)15(22)19-16-11(8-18)10-4-2-3-5-13(10)24-16/h12H,2-7,9H2,1H3,(H,19,22)/t12-,17+/m0/s1. The van der Waals surface area contributed by atoms with Gasteiger partial charge < -0.3 is 10.2 Å². The molecule has 4 rings (SSSR count). The number of hydrogen-bond acceptors (Lipinski definition) is 5. The molecule has 0 bridgehead atoms. The van der Waals surface area contributed by atoms with E-state index in [0.29, 0.717) is 22.7 Å². The van der Waals surface area contributed by atoms with Crippen LogP contribution in [0, 0.1) is 11.3 Å². The smallest absolute Gasteiger partial charge is 0.248 e. The Balaban J connectivity index is 1.58. The van der Waals surface area contributed by atoms with Crippen molar-refractivity contribution in [1.82, 2.24) is 4.90 Å². The Morgan fingerprint density at radius 2 is 2.17 bits per heavy atom. The number of nitrogens with one attached hydrogen (secondary N) is 1. The highest BCUT2D eigenvalue weighted by atomic mass is 32.2. The lowest BCUT2D eigenvalue weighted by molar-refractivity contribution is -0.135. The molecule has 1 N–H and O–H groups in total. The SMILES string of the molecule is C[C@@]12CCC(=O)N1[C@H](C(=O)Nc1sc3c(c1C#N)CCCC3)CS2. The third-order valence-electron chi connectivity index (χ3n) is 5.27. The van der Waals surface area contributed by atoms with E-state index in [1.54, 1.807) is 16.7 Å². The fraction of sp³-hybridized carbons (Fsp3) is 0.588. The minimum atomic E-state index is -0.430. The number of nitriles is 1. The van der Waals surface area contributed by atoms with Gasteiger partial charge in [-0.2, -0.15) is 5.26 Å². The van der Waals surface area contributed by atoms with Crippen LogP contribution >= 0.6 is 23.1 Å². The minimum Gasteiger partial charge on any atom is -0.315 e. The van der Waals surface area contributed by atoms with Crippen LogP contribution < -0.4 is 5.32 Å². The normalized spacial score (nSPS) is 28.4. The quantitative estimate of drug-likeness (QED) is 0.879. The van der Waals surface area contributed by atoms with Crippen molar-refractivity contribution < 1.29 is 9.59 Å². The van der Waals surface area contributed by atoms with Crippen LogP contribution in [0.4, 0.5) is 5.00 Å². The van der Waals surface area contributed by atoms with Crippen molar-refractivity contribution in [3.05, 3.63) is 16.0 Å². The molecule has 1 aliphatic carbocycles. The average Bonchev–Trinajstić information content (AvgIpc) is 3.18. The third-order valence-corrected chi connectivity index (χ3v) is 7.98. The van der Waals surface area contributed by atoms with E-state index >= 15 is 0 Å². The van der Waals surface area contributed by atoms with Gasteiger partial charge in [0.1, 0.15) is 17.1 Å². The van der Waals surface area contributed by atoms with Gasteiger partial charge in [-0.05, 0) is 44.6 Å². The molecule has 24 heavy (non-hydrogen) atoms. The van der Waals surface area contributed by atoms with E-state index in [1.807, 2.05) is 6.92 Å². The van der Waals surface area contributed by atoms with Gasteiger partial charge in [0.15, 0.2) is 0 Å². The second kappa shape index (κ2) is 5.78. The Morgan fingerprint density at radius 3 is 2.96 bits per heavy atom. The molecule has 0 radical (unpaired) electrons. The number of thioether (sulfide) groups is 1. The second-order valence-electron chi connectivity index (χ2n) is 6.78. The molecule has 1 aromatic heterocycles. The Bertz CT molecular complexity index is 767. The van der Waals surface area contributed by atoms with Crippen LogP contribution in [0.5, 0.6) is 0 Å². The van der Waals surface area contributed by atoms with E-state index in [-0.39, 0.29) is 16.7 Å². The highest BCUT2D eigenvalue weighted by Gasteiger charge is 2.53. The van der Waals surface area contributed by atoms with Crippen LogP contribution in [0.3, 0.4) is 0 Å². The molecule has 3 aliphatic rings. The lowest BCUT2D eigenvalue weighted by Crippen LogP contribution is -2.48. The molecule has 3 heterocycles. The summed E-state index contributed by atoms with van der Waals surface area (Å²) in [6.07, 6.45) is 5.48. The van der Waals surface area contributed by atoms with Crippen LogP contribution in [0.2, 0.25) is 0 Å². The van der Waals surface area contributed by atoms with Crippen molar-refractivity contribution in [2.24, 2.45) is 0 Å². The van der Waals surface area contributed by atoms with Gasteiger partial charge in [-0.15, -0.1) is 23.1 Å². The van der Waals surface area contributed by atoms with E-state index < -0.39 is 6.04 Å². The molecular formula is C17H19N3O2S2. The zero-order valence-electron chi connectivity index (χ0n) is 13.6. The number of aryl methyl sites for hydroxylation is 1. The van der Waals surface area contributed by atoms with Crippen molar-refractivity contribution in [1.29, 1.82) is 5.26 Å². The van der Waals surface area contributed by atoms with Crippen molar-refractivity contribution in [2.45, 2.75) is 56.4 Å². The number of hydrogen-bond donors (Lipinski definition) is 1. The van der Waals surface area contributed by atoms with Gasteiger partial charge in [-0.3, -0.25) is 9.59 Å². The first kappa shape index (κ1) is 16.0. The Hall–Kier alpha value is -1.52. The molecule has 0 aromatic carbocycles. The fourth-order valence-electron chi connectivity index (χ4n) is 3.98. The molecule has 2 amide bonds. The van der Waals surface area contributed by atoms with Crippen molar-refractivity contribution in [2.75, 3.05) is 11.1 Å². The Morgan fingerprint density at radius 1 is 1.38 bits per heavy atom. The van der Waals surface area contributed by atoms with Crippen LogP contribution in [-0.4, -0.2) is 33.4 Å². The van der Waals surface area contributed by atoms with Crippen LogP contribution in [0.1, 0.15) is 48.6 Å². The number of rotatable bonds is 2. The highest BCUT2D eigenvalue weighted by molar-refractivity contribution is 8.01. The minimum absolute atomic E-state index is 0.0635. The van der Waals surface area contributed by atoms with Gasteiger partial charge in [-0.25, -0.2) is 0 Å². The van der Waals surface area contributed by atoms with Gasteiger partial charge >= 0.3 is 0 Å². The van der Waals surface area contributed by atoms with Crippen molar-refractivity contribution in [3.8, 4) is 6.07 Å². The summed E-state index contributed by atoms with van der Waals surface area (Å²) >= 11 is 3.22. The summed E-state index contributed by atoms with van der Waals surface area (Å²) < 4.78 is 0. The first-order chi connectivity index (χ1) is 11.5. The molecule has 7 heteroatoms. The molecule has 5 nitrogen and oxygen atoms in total. The lowest BCUT2D eigenvalue weighted by Gasteiger charge is -2.29. The van der Waals surface area contributed by atoms with E-state index in [4.69, 9.17) is 0 Å². The first-order valence-electron chi connectivity index (χ1n) is 8.35. The van der Waals surface area contributed by atoms with Gasteiger partial charge in [0.05, 0.1) is 10.4 Å². The number of thiophene rings is 1. The first-order valence-corrected chi connectivity index (χ1v) is 10.2. The summed E-state index contributed by atoms with van der Waals surface area (Å²) in [6, 6.07) is 1.84. The topological polar surface area (TPSA) is 73.2 Å². The predicted octanol–water partition coefficient (Wildman–Crippen LogP) is 2.89. The molecule has 2 fully saturated rings. The molecule has 2 atom stereocenters. The van der Waals surface area contributed by atoms with E-state index in [2.05, 4.69) is 11.4 Å². The average molecular weight is 361 g/mol. The monoisotopic (exact) mass is 361 g/mol. The Kier molecular flexibility index (Phi) is 3.85. The number of amides is 2. The zero-order chi connectivity index (χ0) is 16.9. The largest absolute Gasteiger partial charge is 0.315 e. The van der Waals surface area contributed by atoms with Crippen molar-refractivity contribution >= 4 is 39.9 Å². The number of carbonyl (C=O) groups excluding carboxylic acids is 2. The summed E-state index contributed by atoms with van der Waals surface area (Å²) in [5.41, 5.74) is 1.75. The second-order valence-corrected chi connectivity index (χ2v) is 9.39. The molecular weight excluding hydrogens is 342 g/mol. The Labute approximate surface area is 149 Å². The highest BCUT2D eigenvalue weighted by Crippen LogP contribution is 2.47. The fourth-order valence-corrected chi connectivity index (χ4v) is 6.66. The molecule has 0 saturated carbocycles. The summed E-state index contributed by atoms with van der Waals surface area (Å²) in [5, 5.41) is 13.1. The number of anilines is 1. The maximum atomic E-state index is 12.8. The van der Waals surface area contributed by atoms with E-state index in [9.17, 15) is 14.9 Å². The lowest BCUT2D eigenvalue weighted by atomic mass is 9.96. The molecule has 2 saturated heterocycles. The maximum absolute atomic E-state index is 12.8. The van der Waals surface area contributed by atoms with E-state index in [0.717, 1.165) is 37.7 Å². The maximum Gasteiger partial charge on any atom is 0.248 e. The van der Waals surface area contributed by atoms with Gasteiger partial charge in [0.2, 0.25) is 11.8 Å². The third kappa shape index (κ3) is 2.35. The number of fused-ring (bicyclic) bond motifs is 2. The summed E-state index contributed by atoms with van der Waals surface area (Å²) in [5.74, 6) is 0.534. The summed E-state index contributed by atoms with van der Waals surface area (Å²) in [4.78, 5) is 27.7. The molecule has 0 spiro atoms. The summed E-state index contributed by atoms with van der Waals surface area (Å²) in [6.45, 7) is 2.04. The van der Waals surface area contributed by atoms with E-state index in [1.165, 1.54) is 16.2 Å². The van der Waals surface area contributed by atoms with Crippen LogP contribution in [0.25, 0.3) is 0 Å². The van der Waals surface area contributed by atoms with Crippen molar-refractivity contribution in [3.63, 3.8) is 0 Å². The predicted molar refractivity (Wildman–Crippen MR) is 95.0 cm³/mol. The number of nitrogens with zero attached hydrogens (tertiary/aromatic N) is 2. The van der Waals surface area contributed by atoms with Gasteiger partial charge in [0, 0.05) is 17.1 Å². The number of carbonyl (C=O) groups is 2. The zero-order valence-corrected chi connectivity index (χ0v) is 15.2. The molecule has 126 valence electrons. The molecule has 1 aromatic rings. The molecule has 0 unspecified atom stereocenters. The van der Waals surface area contributed by atoms with Crippen LogP contribution in [-0.2, 0) is 22.4 Å².